The van der Waals surface area contributed by atoms with Gasteiger partial charge in [-0.15, -0.1) is 0 Å². The van der Waals surface area contributed by atoms with Gasteiger partial charge in [-0.1, -0.05) is 0 Å². The Morgan fingerprint density at radius 2 is 1.97 bits per heavy atom. The van der Waals surface area contributed by atoms with Gasteiger partial charge < -0.3 is 14.8 Å². The quantitative estimate of drug-likeness (QED) is 0.441. The van der Waals surface area contributed by atoms with Gasteiger partial charge in [0.1, 0.15) is 0 Å². The standard InChI is InChI=1S/C21H21N5O4/c1-15(27)24-18-7-5-17(6-8-18)21(28)25-22-13-16-4-9-19(29-2)20(12-16)30-14-26-11-3-10-23-26/h3-13H,14H2,1-2H3,(H,24,27)(H,25,28)/b22-13+. The number of carbonyl (C=O) groups excluding carboxylic acids is 2. The molecule has 0 fully saturated rings. The highest BCUT2D eigenvalue weighted by molar-refractivity contribution is 5.96. The molecule has 1 aromatic heterocycles. The average molecular weight is 407 g/mol. The number of nitrogens with one attached hydrogen (secondary N) is 2. The molecule has 0 atom stereocenters. The SMILES string of the molecule is COc1ccc(/C=N/NC(=O)c2ccc(NC(C)=O)cc2)cc1OCn1cccn1. The van der Waals surface area contributed by atoms with Crippen LogP contribution >= 0.6 is 0 Å². The summed E-state index contributed by atoms with van der Waals surface area (Å²) in [5.74, 6) is 0.549. The molecule has 2 aromatic carbocycles. The van der Waals surface area contributed by atoms with Gasteiger partial charge in [-0.05, 0) is 54.1 Å². The maximum absolute atomic E-state index is 12.2. The maximum atomic E-state index is 12.2. The number of amides is 2. The number of methoxy groups -OCH3 is 1. The second-order valence-electron chi connectivity index (χ2n) is 6.19. The topological polar surface area (TPSA) is 107 Å². The Morgan fingerprint density at radius 1 is 1.17 bits per heavy atom. The van der Waals surface area contributed by atoms with Crippen LogP contribution in [0.3, 0.4) is 0 Å². The van der Waals surface area contributed by atoms with E-state index in [9.17, 15) is 9.59 Å². The van der Waals surface area contributed by atoms with Crippen molar-refractivity contribution in [3.05, 3.63) is 72.1 Å². The molecule has 0 aliphatic heterocycles. The molecular weight excluding hydrogens is 386 g/mol. The maximum Gasteiger partial charge on any atom is 0.271 e. The van der Waals surface area contributed by atoms with Crippen molar-refractivity contribution in [3.8, 4) is 11.5 Å². The van der Waals surface area contributed by atoms with E-state index in [1.807, 2.05) is 0 Å². The third kappa shape index (κ3) is 5.68. The molecular formula is C21H21N5O4. The molecule has 0 aliphatic rings. The summed E-state index contributed by atoms with van der Waals surface area (Å²) in [6.07, 6.45) is 4.96. The summed E-state index contributed by atoms with van der Waals surface area (Å²) >= 11 is 0. The van der Waals surface area contributed by atoms with Crippen molar-refractivity contribution in [2.75, 3.05) is 12.4 Å². The summed E-state index contributed by atoms with van der Waals surface area (Å²) in [5, 5.41) is 10.7. The Hall–Kier alpha value is -4.14. The summed E-state index contributed by atoms with van der Waals surface area (Å²) in [4.78, 5) is 23.2. The van der Waals surface area contributed by atoms with E-state index in [4.69, 9.17) is 9.47 Å². The van der Waals surface area contributed by atoms with E-state index in [-0.39, 0.29) is 18.5 Å². The summed E-state index contributed by atoms with van der Waals surface area (Å²) in [6.45, 7) is 1.65. The molecule has 0 saturated heterocycles. The highest BCUT2D eigenvalue weighted by Crippen LogP contribution is 2.27. The van der Waals surface area contributed by atoms with Crippen LogP contribution in [0, 0.1) is 0 Å². The third-order valence-electron chi connectivity index (χ3n) is 3.95. The van der Waals surface area contributed by atoms with Crippen molar-refractivity contribution in [3.63, 3.8) is 0 Å². The predicted octanol–water partition coefficient (Wildman–Crippen LogP) is 2.65. The zero-order chi connectivity index (χ0) is 21.3. The normalized spacial score (nSPS) is 10.6. The number of hydrogen-bond acceptors (Lipinski definition) is 6. The molecule has 1 heterocycles. The second kappa shape index (κ2) is 9.87. The van der Waals surface area contributed by atoms with Crippen molar-refractivity contribution in [2.45, 2.75) is 13.7 Å². The lowest BCUT2D eigenvalue weighted by Gasteiger charge is -2.11. The number of nitrogens with zero attached hydrogens (tertiary/aromatic N) is 3. The molecule has 2 N–H and O–H groups in total. The van der Waals surface area contributed by atoms with E-state index >= 15 is 0 Å². The van der Waals surface area contributed by atoms with E-state index in [0.29, 0.717) is 28.3 Å². The Kier molecular flexibility index (Phi) is 6.78. The summed E-state index contributed by atoms with van der Waals surface area (Å²) in [7, 11) is 1.56. The van der Waals surface area contributed by atoms with Crippen LogP contribution in [0.4, 0.5) is 5.69 Å². The van der Waals surface area contributed by atoms with E-state index in [1.165, 1.54) is 13.1 Å². The zero-order valence-electron chi connectivity index (χ0n) is 16.5. The molecule has 30 heavy (non-hydrogen) atoms. The van der Waals surface area contributed by atoms with Crippen molar-refractivity contribution >= 4 is 23.7 Å². The van der Waals surface area contributed by atoms with Gasteiger partial charge in [-0.2, -0.15) is 10.2 Å². The molecule has 2 amide bonds. The van der Waals surface area contributed by atoms with Crippen LogP contribution in [-0.4, -0.2) is 34.9 Å². The molecule has 3 aromatic rings. The molecule has 154 valence electrons. The van der Waals surface area contributed by atoms with Crippen LogP contribution < -0.4 is 20.2 Å². The summed E-state index contributed by atoms with van der Waals surface area (Å²) < 4.78 is 12.7. The molecule has 9 nitrogen and oxygen atoms in total. The second-order valence-corrected chi connectivity index (χ2v) is 6.19. The van der Waals surface area contributed by atoms with Crippen molar-refractivity contribution in [1.82, 2.24) is 15.2 Å². The highest BCUT2D eigenvalue weighted by Gasteiger charge is 2.07. The molecule has 0 aliphatic carbocycles. The van der Waals surface area contributed by atoms with Gasteiger partial charge in [-0.25, -0.2) is 10.1 Å². The summed E-state index contributed by atoms with van der Waals surface area (Å²) in [6, 6.07) is 13.6. The fourth-order valence-electron chi connectivity index (χ4n) is 2.54. The van der Waals surface area contributed by atoms with Gasteiger partial charge in [0, 0.05) is 30.6 Å². The van der Waals surface area contributed by atoms with Crippen LogP contribution in [-0.2, 0) is 11.5 Å². The zero-order valence-corrected chi connectivity index (χ0v) is 16.5. The van der Waals surface area contributed by atoms with Gasteiger partial charge >= 0.3 is 0 Å². The number of rotatable bonds is 8. The number of benzene rings is 2. The molecule has 0 spiro atoms. The first-order valence-corrected chi connectivity index (χ1v) is 9.04. The predicted molar refractivity (Wildman–Crippen MR) is 112 cm³/mol. The van der Waals surface area contributed by atoms with Crippen LogP contribution in [0.5, 0.6) is 11.5 Å². The highest BCUT2D eigenvalue weighted by atomic mass is 16.5. The van der Waals surface area contributed by atoms with Crippen LogP contribution in [0.1, 0.15) is 22.8 Å². The largest absolute Gasteiger partial charge is 0.493 e. The third-order valence-corrected chi connectivity index (χ3v) is 3.95. The number of anilines is 1. The number of carbonyl (C=O) groups is 2. The molecule has 0 radical (unpaired) electrons. The van der Waals surface area contributed by atoms with Gasteiger partial charge in [0.15, 0.2) is 18.2 Å². The van der Waals surface area contributed by atoms with Gasteiger partial charge in [-0.3, -0.25) is 9.59 Å². The Labute approximate surface area is 173 Å². The Bertz CT molecular complexity index is 1030. The molecule has 0 saturated carbocycles. The lowest BCUT2D eigenvalue weighted by molar-refractivity contribution is -0.114. The Balaban J connectivity index is 1.61. The number of hydrogen-bond donors (Lipinski definition) is 2. The molecule has 0 bridgehead atoms. The van der Waals surface area contributed by atoms with Gasteiger partial charge in [0.25, 0.3) is 5.91 Å². The average Bonchev–Trinajstić information content (AvgIpc) is 3.26. The first kappa shape index (κ1) is 20.6. The van der Waals surface area contributed by atoms with Crippen molar-refractivity contribution in [1.29, 1.82) is 0 Å². The van der Waals surface area contributed by atoms with Crippen molar-refractivity contribution < 1.29 is 19.1 Å². The monoisotopic (exact) mass is 407 g/mol. The fourth-order valence-corrected chi connectivity index (χ4v) is 2.54. The molecule has 9 heteroatoms. The molecule has 0 unspecified atom stereocenters. The summed E-state index contributed by atoms with van der Waals surface area (Å²) in [5.41, 5.74) is 4.21. The van der Waals surface area contributed by atoms with Crippen LogP contribution in [0.2, 0.25) is 0 Å². The van der Waals surface area contributed by atoms with Crippen molar-refractivity contribution in [2.24, 2.45) is 5.10 Å². The lowest BCUT2D eigenvalue weighted by Crippen LogP contribution is -2.17. The minimum Gasteiger partial charge on any atom is -0.493 e. The van der Waals surface area contributed by atoms with Crippen LogP contribution in [0.25, 0.3) is 0 Å². The molecule has 3 rings (SSSR count). The van der Waals surface area contributed by atoms with E-state index in [1.54, 1.807) is 72.7 Å². The number of hydrazone groups is 1. The fraction of sp³-hybridized carbons (Fsp3) is 0.143. The first-order chi connectivity index (χ1) is 14.5. The minimum atomic E-state index is -0.371. The number of ether oxygens (including phenoxy) is 2. The smallest absolute Gasteiger partial charge is 0.271 e. The van der Waals surface area contributed by atoms with Crippen LogP contribution in [0.15, 0.2) is 66.0 Å². The minimum absolute atomic E-state index is 0.177. The lowest BCUT2D eigenvalue weighted by atomic mass is 10.2. The number of aromatic nitrogens is 2. The first-order valence-electron chi connectivity index (χ1n) is 9.04. The van der Waals surface area contributed by atoms with E-state index < -0.39 is 0 Å². The van der Waals surface area contributed by atoms with E-state index in [0.717, 1.165) is 0 Å². The van der Waals surface area contributed by atoms with E-state index in [2.05, 4.69) is 20.9 Å². The van der Waals surface area contributed by atoms with Gasteiger partial charge in [0.2, 0.25) is 5.91 Å². The Morgan fingerprint density at radius 3 is 2.63 bits per heavy atom. The van der Waals surface area contributed by atoms with Gasteiger partial charge in [0.05, 0.1) is 13.3 Å².